The van der Waals surface area contributed by atoms with Gasteiger partial charge in [-0.2, -0.15) is 0 Å². The molecule has 0 aromatic heterocycles. The van der Waals surface area contributed by atoms with Crippen LogP contribution in [-0.4, -0.2) is 11.1 Å². The summed E-state index contributed by atoms with van der Waals surface area (Å²) in [4.78, 5) is 11.7. The summed E-state index contributed by atoms with van der Waals surface area (Å²) in [5.74, 6) is -0.489. The van der Waals surface area contributed by atoms with Gasteiger partial charge in [-0.1, -0.05) is 63.4 Å². The number of hydrogen-bond donors (Lipinski definition) is 1. The van der Waals surface area contributed by atoms with Crippen LogP contribution in [0.15, 0.2) is 30.3 Å². The van der Waals surface area contributed by atoms with E-state index in [1.54, 1.807) is 0 Å². The predicted octanol–water partition coefficient (Wildman–Crippen LogP) is 4.54. The topological polar surface area (TPSA) is 37.3 Å². The van der Waals surface area contributed by atoms with Crippen molar-refractivity contribution in [1.29, 1.82) is 0 Å². The maximum absolute atomic E-state index is 11.7. The maximum Gasteiger partial charge on any atom is 0.309 e. The van der Waals surface area contributed by atoms with Crippen LogP contribution in [0.5, 0.6) is 0 Å². The Morgan fingerprint density at radius 3 is 2.42 bits per heavy atom. The molecule has 0 radical (unpaired) electrons. The van der Waals surface area contributed by atoms with Gasteiger partial charge in [-0.3, -0.25) is 4.79 Å². The van der Waals surface area contributed by atoms with E-state index in [9.17, 15) is 9.90 Å². The van der Waals surface area contributed by atoms with E-state index in [1.807, 2.05) is 37.3 Å². The van der Waals surface area contributed by atoms with Crippen LogP contribution in [0.3, 0.4) is 0 Å². The SMILES string of the molecule is CCCCCC(C)C(C)(Cc1ccccc1)C(=O)O. The van der Waals surface area contributed by atoms with Gasteiger partial charge in [0.25, 0.3) is 0 Å². The average molecular weight is 262 g/mol. The summed E-state index contributed by atoms with van der Waals surface area (Å²) in [6.07, 6.45) is 5.08. The highest BCUT2D eigenvalue weighted by molar-refractivity contribution is 5.75. The van der Waals surface area contributed by atoms with Crippen molar-refractivity contribution < 1.29 is 9.90 Å². The van der Waals surface area contributed by atoms with Crippen LogP contribution in [-0.2, 0) is 11.2 Å². The molecule has 0 saturated carbocycles. The first-order valence-electron chi connectivity index (χ1n) is 7.28. The van der Waals surface area contributed by atoms with Crippen LogP contribution in [0, 0.1) is 11.3 Å². The molecule has 0 saturated heterocycles. The smallest absolute Gasteiger partial charge is 0.309 e. The van der Waals surface area contributed by atoms with Gasteiger partial charge in [0.15, 0.2) is 0 Å². The van der Waals surface area contributed by atoms with E-state index in [-0.39, 0.29) is 5.92 Å². The van der Waals surface area contributed by atoms with Gasteiger partial charge in [0.05, 0.1) is 5.41 Å². The van der Waals surface area contributed by atoms with E-state index < -0.39 is 11.4 Å². The molecule has 2 unspecified atom stereocenters. The molecule has 2 nitrogen and oxygen atoms in total. The van der Waals surface area contributed by atoms with Gasteiger partial charge in [-0.15, -0.1) is 0 Å². The highest BCUT2D eigenvalue weighted by Crippen LogP contribution is 2.35. The minimum absolute atomic E-state index is 0.191. The molecule has 0 bridgehead atoms. The molecule has 1 aromatic rings. The number of carbonyl (C=O) groups is 1. The van der Waals surface area contributed by atoms with E-state index in [0.717, 1.165) is 18.4 Å². The molecular formula is C17H26O2. The fraction of sp³-hybridized carbons (Fsp3) is 0.588. The van der Waals surface area contributed by atoms with Gasteiger partial charge in [0, 0.05) is 0 Å². The third-order valence-electron chi connectivity index (χ3n) is 4.23. The summed E-state index contributed by atoms with van der Waals surface area (Å²) in [5.41, 5.74) is 0.435. The van der Waals surface area contributed by atoms with Gasteiger partial charge < -0.3 is 5.11 Å². The Bertz CT molecular complexity index is 386. The van der Waals surface area contributed by atoms with Crippen LogP contribution < -0.4 is 0 Å². The Balaban J connectivity index is 2.76. The molecule has 1 aromatic carbocycles. The van der Waals surface area contributed by atoms with Crippen LogP contribution in [0.4, 0.5) is 0 Å². The quantitative estimate of drug-likeness (QED) is 0.698. The molecular weight excluding hydrogens is 236 g/mol. The van der Waals surface area contributed by atoms with Gasteiger partial charge in [-0.25, -0.2) is 0 Å². The zero-order chi connectivity index (χ0) is 14.3. The zero-order valence-corrected chi connectivity index (χ0v) is 12.4. The average Bonchev–Trinajstić information content (AvgIpc) is 2.39. The molecule has 19 heavy (non-hydrogen) atoms. The fourth-order valence-electron chi connectivity index (χ4n) is 2.50. The standard InChI is InChI=1S/C17H26O2/c1-4-5-7-10-14(2)17(3,16(18)19)13-15-11-8-6-9-12-15/h6,8-9,11-12,14H,4-5,7,10,13H2,1-3H3,(H,18,19). The molecule has 0 heterocycles. The summed E-state index contributed by atoms with van der Waals surface area (Å²) in [5, 5.41) is 9.62. The van der Waals surface area contributed by atoms with Crippen molar-refractivity contribution in [1.82, 2.24) is 0 Å². The Morgan fingerprint density at radius 2 is 1.89 bits per heavy atom. The zero-order valence-electron chi connectivity index (χ0n) is 12.4. The number of aliphatic carboxylic acids is 1. The number of hydrogen-bond acceptors (Lipinski definition) is 1. The van der Waals surface area contributed by atoms with Crippen molar-refractivity contribution in [2.24, 2.45) is 11.3 Å². The molecule has 2 atom stereocenters. The molecule has 0 amide bonds. The van der Waals surface area contributed by atoms with Gasteiger partial charge in [0.1, 0.15) is 0 Å². The molecule has 0 spiro atoms. The summed E-state index contributed by atoms with van der Waals surface area (Å²) < 4.78 is 0. The number of rotatable bonds is 8. The van der Waals surface area contributed by atoms with Gasteiger partial charge >= 0.3 is 5.97 Å². The lowest BCUT2D eigenvalue weighted by Crippen LogP contribution is -2.36. The highest BCUT2D eigenvalue weighted by atomic mass is 16.4. The van der Waals surface area contributed by atoms with Gasteiger partial charge in [-0.05, 0) is 31.2 Å². The number of carboxylic acid groups (broad SMARTS) is 1. The predicted molar refractivity (Wildman–Crippen MR) is 79.2 cm³/mol. The third kappa shape index (κ3) is 4.38. The normalized spacial score (nSPS) is 15.7. The second-order valence-corrected chi connectivity index (χ2v) is 5.78. The first-order chi connectivity index (χ1) is 9.00. The van der Waals surface area contributed by atoms with Crippen LogP contribution in [0.1, 0.15) is 52.0 Å². The minimum atomic E-state index is -0.680. The maximum atomic E-state index is 11.7. The van der Waals surface area contributed by atoms with Crippen molar-refractivity contribution in [2.75, 3.05) is 0 Å². The van der Waals surface area contributed by atoms with E-state index in [0.29, 0.717) is 6.42 Å². The largest absolute Gasteiger partial charge is 0.481 e. The minimum Gasteiger partial charge on any atom is -0.481 e. The Labute approximate surface area is 116 Å². The van der Waals surface area contributed by atoms with Crippen LogP contribution in [0.25, 0.3) is 0 Å². The van der Waals surface area contributed by atoms with Crippen molar-refractivity contribution in [2.45, 2.75) is 52.9 Å². The Hall–Kier alpha value is -1.31. The first-order valence-corrected chi connectivity index (χ1v) is 7.28. The summed E-state index contributed by atoms with van der Waals surface area (Å²) in [6.45, 7) is 6.14. The summed E-state index contributed by atoms with van der Waals surface area (Å²) >= 11 is 0. The highest BCUT2D eigenvalue weighted by Gasteiger charge is 2.38. The second-order valence-electron chi connectivity index (χ2n) is 5.78. The summed E-state index contributed by atoms with van der Waals surface area (Å²) in [6, 6.07) is 9.94. The van der Waals surface area contributed by atoms with E-state index in [4.69, 9.17) is 0 Å². The number of benzene rings is 1. The molecule has 0 aliphatic carbocycles. The molecule has 106 valence electrons. The van der Waals surface area contributed by atoms with Crippen molar-refractivity contribution in [3.8, 4) is 0 Å². The first kappa shape index (κ1) is 15.7. The molecule has 0 aliphatic rings. The van der Waals surface area contributed by atoms with E-state index >= 15 is 0 Å². The molecule has 1 N–H and O–H groups in total. The molecule has 0 aliphatic heterocycles. The van der Waals surface area contributed by atoms with Crippen molar-refractivity contribution >= 4 is 5.97 Å². The van der Waals surface area contributed by atoms with Crippen LogP contribution in [0.2, 0.25) is 0 Å². The second kappa shape index (κ2) is 7.32. The van der Waals surface area contributed by atoms with Gasteiger partial charge in [0.2, 0.25) is 0 Å². The summed E-state index contributed by atoms with van der Waals surface area (Å²) in [7, 11) is 0. The monoisotopic (exact) mass is 262 g/mol. The van der Waals surface area contributed by atoms with E-state index in [1.165, 1.54) is 12.8 Å². The Morgan fingerprint density at radius 1 is 1.26 bits per heavy atom. The molecule has 2 heteroatoms. The lowest BCUT2D eigenvalue weighted by molar-refractivity contribution is -0.151. The third-order valence-corrected chi connectivity index (χ3v) is 4.23. The molecule has 1 rings (SSSR count). The lowest BCUT2D eigenvalue weighted by Gasteiger charge is -2.32. The molecule has 0 fully saturated rings. The Kier molecular flexibility index (Phi) is 6.07. The van der Waals surface area contributed by atoms with Crippen molar-refractivity contribution in [3.63, 3.8) is 0 Å². The number of carboxylic acids is 1. The number of unbranched alkanes of at least 4 members (excludes halogenated alkanes) is 2. The van der Waals surface area contributed by atoms with Crippen LogP contribution >= 0.6 is 0 Å². The van der Waals surface area contributed by atoms with Crippen molar-refractivity contribution in [3.05, 3.63) is 35.9 Å². The fourth-order valence-corrected chi connectivity index (χ4v) is 2.50. The van der Waals surface area contributed by atoms with E-state index in [2.05, 4.69) is 13.8 Å². The lowest BCUT2D eigenvalue weighted by atomic mass is 9.71.